The van der Waals surface area contributed by atoms with E-state index in [1.165, 1.54) is 36.8 Å². The average molecular weight is 604 g/mol. The molecule has 2 N–H and O–H groups in total. The zero-order valence-electron chi connectivity index (χ0n) is 26.9. The number of pyridine rings is 1. The first kappa shape index (κ1) is 31.3. The zero-order valence-corrected chi connectivity index (χ0v) is 26.9. The van der Waals surface area contributed by atoms with E-state index < -0.39 is 0 Å². The second-order valence-electron chi connectivity index (χ2n) is 13.1. The third kappa shape index (κ3) is 8.30. The van der Waals surface area contributed by atoms with Gasteiger partial charge in [-0.25, -0.2) is 4.98 Å². The molecule has 0 radical (unpaired) electrons. The molecule has 0 saturated carbocycles. The van der Waals surface area contributed by atoms with Gasteiger partial charge in [-0.05, 0) is 95.1 Å². The van der Waals surface area contributed by atoms with Gasteiger partial charge in [0.05, 0.1) is 29.0 Å². The van der Waals surface area contributed by atoms with Crippen molar-refractivity contribution in [3.8, 4) is 0 Å². The molecule has 2 fully saturated rings. The van der Waals surface area contributed by atoms with Crippen LogP contribution in [0.2, 0.25) is 0 Å². The standard InChI is InChI=1S/C32H41N5O.C7H8/c38-32-30-29(23-37(32)21-15-24-10-16-33-17-11-24)35-28-9-5-4-8-27(28)31(30)34-18-12-25-13-19-36(20-14-25)22-26-6-2-1-3-7-26;1-7-5-3-2-4-6-7/h1-9,24-25,33H,10-23H2,(H,34,35);2-6H,1H3. The van der Waals surface area contributed by atoms with Gasteiger partial charge in [-0.2, -0.15) is 0 Å². The van der Waals surface area contributed by atoms with Crippen LogP contribution in [0, 0.1) is 18.8 Å². The molecular formula is C39H49N5O. The van der Waals surface area contributed by atoms with Crippen molar-refractivity contribution < 1.29 is 4.79 Å². The first-order valence-electron chi connectivity index (χ1n) is 17.1. The van der Waals surface area contributed by atoms with Gasteiger partial charge in [0.2, 0.25) is 0 Å². The minimum absolute atomic E-state index is 0.156. The van der Waals surface area contributed by atoms with Crippen molar-refractivity contribution in [3.05, 3.63) is 107 Å². The smallest absolute Gasteiger partial charge is 0.258 e. The number of piperidine rings is 2. The molecule has 0 aliphatic carbocycles. The third-order valence-electron chi connectivity index (χ3n) is 9.83. The second-order valence-corrected chi connectivity index (χ2v) is 13.1. The Hall–Kier alpha value is -3.74. The Bertz CT molecular complexity index is 1510. The van der Waals surface area contributed by atoms with E-state index >= 15 is 0 Å². The van der Waals surface area contributed by atoms with Gasteiger partial charge in [0, 0.05) is 25.0 Å². The van der Waals surface area contributed by atoms with Gasteiger partial charge in [-0.1, -0.05) is 84.4 Å². The van der Waals surface area contributed by atoms with Crippen LogP contribution in [0.15, 0.2) is 84.9 Å². The maximum Gasteiger partial charge on any atom is 0.258 e. The number of aromatic nitrogens is 1. The Morgan fingerprint density at radius 1 is 0.822 bits per heavy atom. The highest BCUT2D eigenvalue weighted by atomic mass is 16.2. The fraction of sp³-hybridized carbons (Fsp3) is 0.436. The number of carbonyl (C=O) groups excluding carboxylic acids is 1. The fourth-order valence-electron chi connectivity index (χ4n) is 7.10. The van der Waals surface area contributed by atoms with Crippen molar-refractivity contribution in [2.45, 2.75) is 58.5 Å². The molecule has 0 bridgehead atoms. The van der Waals surface area contributed by atoms with E-state index in [4.69, 9.17) is 4.98 Å². The predicted octanol–water partition coefficient (Wildman–Crippen LogP) is 7.29. The summed E-state index contributed by atoms with van der Waals surface area (Å²) in [5.41, 5.74) is 6.46. The van der Waals surface area contributed by atoms with Crippen molar-refractivity contribution in [3.63, 3.8) is 0 Å². The van der Waals surface area contributed by atoms with Gasteiger partial charge in [0.15, 0.2) is 0 Å². The molecule has 4 aromatic rings. The van der Waals surface area contributed by atoms with Crippen LogP contribution in [-0.4, -0.2) is 60.0 Å². The number of likely N-dealkylation sites (tertiary alicyclic amines) is 1. The minimum atomic E-state index is 0.156. The summed E-state index contributed by atoms with van der Waals surface area (Å²) in [6, 6.07) is 29.3. The molecule has 1 amide bonds. The molecule has 236 valence electrons. The summed E-state index contributed by atoms with van der Waals surface area (Å²) < 4.78 is 0. The number of nitrogens with one attached hydrogen (secondary N) is 2. The summed E-state index contributed by atoms with van der Waals surface area (Å²) in [5, 5.41) is 8.25. The lowest BCUT2D eigenvalue weighted by atomic mass is 9.93. The molecule has 2 saturated heterocycles. The SMILES string of the molecule is Cc1ccccc1.O=C1c2c(nc3ccccc3c2NCCC2CCN(Cc3ccccc3)CC2)CN1CCC1CCNCC1. The Morgan fingerprint density at radius 2 is 1.49 bits per heavy atom. The predicted molar refractivity (Wildman–Crippen MR) is 185 cm³/mol. The van der Waals surface area contributed by atoms with Gasteiger partial charge >= 0.3 is 0 Å². The van der Waals surface area contributed by atoms with E-state index in [1.807, 2.05) is 29.2 Å². The molecule has 3 aliphatic rings. The number of para-hydroxylation sites is 1. The van der Waals surface area contributed by atoms with Gasteiger partial charge in [-0.15, -0.1) is 0 Å². The van der Waals surface area contributed by atoms with E-state index in [-0.39, 0.29) is 5.91 Å². The number of amides is 1. The first-order chi connectivity index (χ1) is 22.1. The van der Waals surface area contributed by atoms with E-state index in [9.17, 15) is 4.79 Å². The second kappa shape index (κ2) is 15.5. The maximum atomic E-state index is 13.6. The van der Waals surface area contributed by atoms with Gasteiger partial charge in [0.1, 0.15) is 0 Å². The van der Waals surface area contributed by atoms with Crippen molar-refractivity contribution in [1.29, 1.82) is 0 Å². The molecule has 1 aromatic heterocycles. The maximum absolute atomic E-state index is 13.6. The lowest BCUT2D eigenvalue weighted by Gasteiger charge is -2.32. The van der Waals surface area contributed by atoms with Crippen LogP contribution >= 0.6 is 0 Å². The number of aryl methyl sites for hydroxylation is 1. The number of carbonyl (C=O) groups is 1. The number of hydrogen-bond acceptors (Lipinski definition) is 5. The van der Waals surface area contributed by atoms with Crippen LogP contribution < -0.4 is 10.6 Å². The summed E-state index contributed by atoms with van der Waals surface area (Å²) in [5.74, 6) is 1.60. The van der Waals surface area contributed by atoms with Crippen LogP contribution in [0.4, 0.5) is 5.69 Å². The van der Waals surface area contributed by atoms with Gasteiger partial charge < -0.3 is 15.5 Å². The minimum Gasteiger partial charge on any atom is -0.384 e. The van der Waals surface area contributed by atoms with Crippen LogP contribution in [0.1, 0.15) is 65.7 Å². The fourth-order valence-corrected chi connectivity index (χ4v) is 7.10. The van der Waals surface area contributed by atoms with Crippen LogP contribution in [0.5, 0.6) is 0 Å². The van der Waals surface area contributed by atoms with Crippen LogP contribution in [0.25, 0.3) is 10.9 Å². The Morgan fingerprint density at radius 3 is 2.20 bits per heavy atom. The highest BCUT2D eigenvalue weighted by Crippen LogP contribution is 2.35. The molecule has 0 atom stereocenters. The van der Waals surface area contributed by atoms with E-state index in [0.717, 1.165) is 98.3 Å². The average Bonchev–Trinajstić information content (AvgIpc) is 3.40. The quantitative estimate of drug-likeness (QED) is 0.210. The number of anilines is 1. The van der Waals surface area contributed by atoms with Crippen molar-refractivity contribution in [2.24, 2.45) is 11.8 Å². The van der Waals surface area contributed by atoms with Crippen LogP contribution in [-0.2, 0) is 13.1 Å². The van der Waals surface area contributed by atoms with Gasteiger partial charge in [-0.3, -0.25) is 9.69 Å². The number of hydrogen-bond donors (Lipinski definition) is 2. The highest BCUT2D eigenvalue weighted by Gasteiger charge is 2.33. The highest BCUT2D eigenvalue weighted by molar-refractivity contribution is 6.09. The molecule has 45 heavy (non-hydrogen) atoms. The molecule has 3 aromatic carbocycles. The summed E-state index contributed by atoms with van der Waals surface area (Å²) in [4.78, 5) is 23.2. The van der Waals surface area contributed by atoms with E-state index in [2.05, 4.69) is 83.1 Å². The number of rotatable bonds is 9. The summed E-state index contributed by atoms with van der Waals surface area (Å²) in [6.45, 7) is 10.0. The summed E-state index contributed by atoms with van der Waals surface area (Å²) in [6.07, 6.45) is 7.15. The van der Waals surface area contributed by atoms with E-state index in [1.54, 1.807) is 0 Å². The van der Waals surface area contributed by atoms with E-state index in [0.29, 0.717) is 6.54 Å². The zero-order chi connectivity index (χ0) is 30.8. The molecule has 7 rings (SSSR count). The number of benzene rings is 3. The molecule has 4 heterocycles. The molecule has 6 heteroatoms. The normalized spacial score (nSPS) is 17.6. The number of fused-ring (bicyclic) bond motifs is 2. The van der Waals surface area contributed by atoms with Crippen molar-refractivity contribution in [1.82, 2.24) is 20.1 Å². The van der Waals surface area contributed by atoms with Crippen molar-refractivity contribution in [2.75, 3.05) is 44.6 Å². The third-order valence-corrected chi connectivity index (χ3v) is 9.83. The molecule has 3 aliphatic heterocycles. The Labute approximate surface area is 269 Å². The first-order valence-corrected chi connectivity index (χ1v) is 17.1. The topological polar surface area (TPSA) is 60.5 Å². The number of nitrogens with zero attached hydrogens (tertiary/aromatic N) is 3. The Kier molecular flexibility index (Phi) is 10.8. The molecule has 6 nitrogen and oxygen atoms in total. The summed E-state index contributed by atoms with van der Waals surface area (Å²) >= 11 is 0. The Balaban J connectivity index is 0.000000452. The largest absolute Gasteiger partial charge is 0.384 e. The molecular weight excluding hydrogens is 554 g/mol. The van der Waals surface area contributed by atoms with Crippen LogP contribution in [0.3, 0.4) is 0 Å². The summed E-state index contributed by atoms with van der Waals surface area (Å²) in [7, 11) is 0. The molecule has 0 unspecified atom stereocenters. The molecule has 0 spiro atoms. The van der Waals surface area contributed by atoms with Gasteiger partial charge in [0.25, 0.3) is 5.91 Å². The lowest BCUT2D eigenvalue weighted by Crippen LogP contribution is -2.33. The van der Waals surface area contributed by atoms with Crippen molar-refractivity contribution >= 4 is 22.5 Å². The lowest BCUT2D eigenvalue weighted by molar-refractivity contribution is 0.0766. The monoisotopic (exact) mass is 603 g/mol.